The second-order valence-corrected chi connectivity index (χ2v) is 8.30. The molecule has 29 heavy (non-hydrogen) atoms. The van der Waals surface area contributed by atoms with Crippen molar-refractivity contribution in [2.45, 2.75) is 19.4 Å². The summed E-state index contributed by atoms with van der Waals surface area (Å²) in [6.07, 6.45) is 1.81. The first-order chi connectivity index (χ1) is 14.1. The van der Waals surface area contributed by atoms with Crippen LogP contribution in [-0.4, -0.2) is 34.0 Å². The van der Waals surface area contributed by atoms with Gasteiger partial charge in [0.25, 0.3) is 0 Å². The zero-order chi connectivity index (χ0) is 20.2. The van der Waals surface area contributed by atoms with Gasteiger partial charge in [-0.2, -0.15) is 4.98 Å². The van der Waals surface area contributed by atoms with Gasteiger partial charge in [0.05, 0.1) is 23.2 Å². The molecule has 0 saturated carbocycles. The first kappa shape index (κ1) is 20.1. The van der Waals surface area contributed by atoms with Gasteiger partial charge >= 0.3 is 0 Å². The molecule has 1 saturated heterocycles. The maximum absolute atomic E-state index is 12.7. The van der Waals surface area contributed by atoms with Crippen molar-refractivity contribution in [2.75, 3.05) is 18.4 Å². The number of nitrogens with zero attached hydrogens (tertiary/aromatic N) is 3. The number of benzene rings is 2. The number of carbonyl (C=O) groups is 1. The average Bonchev–Trinajstić information content (AvgIpc) is 3.18. The Morgan fingerprint density at radius 3 is 2.86 bits per heavy atom. The molecule has 0 bridgehead atoms. The van der Waals surface area contributed by atoms with Crippen molar-refractivity contribution in [1.29, 1.82) is 0 Å². The maximum Gasteiger partial charge on any atom is 0.241 e. The fourth-order valence-electron chi connectivity index (χ4n) is 3.47. The Hall–Kier alpha value is -2.22. The number of nitrogens with one attached hydrogen (secondary N) is 1. The summed E-state index contributed by atoms with van der Waals surface area (Å²) < 4.78 is 6.29. The summed E-state index contributed by atoms with van der Waals surface area (Å²) >= 11 is 9.68. The van der Waals surface area contributed by atoms with Gasteiger partial charge < -0.3 is 9.84 Å². The van der Waals surface area contributed by atoms with E-state index in [4.69, 9.17) is 16.1 Å². The summed E-state index contributed by atoms with van der Waals surface area (Å²) in [6.45, 7) is 2.05. The number of para-hydroxylation sites is 1. The van der Waals surface area contributed by atoms with Crippen molar-refractivity contribution < 1.29 is 9.32 Å². The third-order valence-corrected chi connectivity index (χ3v) is 5.97. The number of anilines is 1. The van der Waals surface area contributed by atoms with E-state index in [-0.39, 0.29) is 11.8 Å². The molecule has 1 unspecified atom stereocenters. The van der Waals surface area contributed by atoms with Crippen LogP contribution in [0, 0.1) is 5.92 Å². The van der Waals surface area contributed by atoms with Crippen molar-refractivity contribution in [1.82, 2.24) is 15.0 Å². The van der Waals surface area contributed by atoms with Gasteiger partial charge in [-0.25, -0.2) is 0 Å². The minimum absolute atomic E-state index is 0.0314. The van der Waals surface area contributed by atoms with Gasteiger partial charge in [0.15, 0.2) is 0 Å². The van der Waals surface area contributed by atoms with E-state index < -0.39 is 0 Å². The fraction of sp³-hybridized carbons (Fsp3) is 0.286. The molecule has 2 heterocycles. The zero-order valence-corrected chi connectivity index (χ0v) is 18.0. The SMILES string of the molecule is O=C(Nc1ccccc1Br)C1CCCN(Cc2nc(-c3ccccc3Cl)no2)C1. The highest BCUT2D eigenvalue weighted by Gasteiger charge is 2.27. The minimum atomic E-state index is -0.0817. The van der Waals surface area contributed by atoms with E-state index in [0.717, 1.165) is 35.1 Å². The lowest BCUT2D eigenvalue weighted by Gasteiger charge is -2.30. The van der Waals surface area contributed by atoms with Gasteiger partial charge in [-0.1, -0.05) is 41.0 Å². The van der Waals surface area contributed by atoms with E-state index in [1.165, 1.54) is 0 Å². The molecule has 4 rings (SSSR count). The minimum Gasteiger partial charge on any atom is -0.338 e. The normalized spacial score (nSPS) is 17.2. The second-order valence-electron chi connectivity index (χ2n) is 7.03. The van der Waals surface area contributed by atoms with E-state index >= 15 is 0 Å². The van der Waals surface area contributed by atoms with Crippen molar-refractivity contribution >= 4 is 39.1 Å². The Bertz CT molecular complexity index is 1010. The van der Waals surface area contributed by atoms with Gasteiger partial charge in [0.1, 0.15) is 0 Å². The van der Waals surface area contributed by atoms with Gasteiger partial charge in [0, 0.05) is 16.6 Å². The van der Waals surface area contributed by atoms with Crippen LogP contribution in [0.25, 0.3) is 11.4 Å². The molecular formula is C21H20BrClN4O2. The van der Waals surface area contributed by atoms with E-state index in [0.29, 0.717) is 29.8 Å². The first-order valence-corrected chi connectivity index (χ1v) is 10.6. The topological polar surface area (TPSA) is 71.3 Å². The third-order valence-electron chi connectivity index (χ3n) is 4.95. The predicted molar refractivity (Wildman–Crippen MR) is 116 cm³/mol. The van der Waals surface area contributed by atoms with E-state index in [1.807, 2.05) is 42.5 Å². The number of rotatable bonds is 5. The molecule has 1 amide bonds. The lowest BCUT2D eigenvalue weighted by atomic mass is 9.97. The van der Waals surface area contributed by atoms with Gasteiger partial charge in [-0.15, -0.1) is 0 Å². The number of aromatic nitrogens is 2. The Labute approximate surface area is 182 Å². The number of amides is 1. The van der Waals surface area contributed by atoms with Crippen LogP contribution in [0.3, 0.4) is 0 Å². The van der Waals surface area contributed by atoms with Gasteiger partial charge in [-0.3, -0.25) is 9.69 Å². The van der Waals surface area contributed by atoms with Crippen LogP contribution in [0.4, 0.5) is 5.69 Å². The van der Waals surface area contributed by atoms with E-state index in [1.54, 1.807) is 6.07 Å². The van der Waals surface area contributed by atoms with Crippen LogP contribution in [0.2, 0.25) is 5.02 Å². The first-order valence-electron chi connectivity index (χ1n) is 9.45. The highest BCUT2D eigenvalue weighted by molar-refractivity contribution is 9.10. The molecule has 0 spiro atoms. The maximum atomic E-state index is 12.7. The summed E-state index contributed by atoms with van der Waals surface area (Å²) in [7, 11) is 0. The second kappa shape index (κ2) is 9.07. The highest BCUT2D eigenvalue weighted by atomic mass is 79.9. The largest absolute Gasteiger partial charge is 0.338 e. The zero-order valence-electron chi connectivity index (χ0n) is 15.6. The predicted octanol–water partition coefficient (Wildman–Crippen LogP) is 5.00. The molecule has 2 aromatic carbocycles. The molecule has 3 aromatic rings. The van der Waals surface area contributed by atoms with E-state index in [2.05, 4.69) is 36.3 Å². The molecule has 0 radical (unpaired) electrons. The summed E-state index contributed by atoms with van der Waals surface area (Å²) in [5, 5.41) is 7.65. The molecule has 150 valence electrons. The highest BCUT2D eigenvalue weighted by Crippen LogP contribution is 2.27. The summed E-state index contributed by atoms with van der Waals surface area (Å²) in [5.41, 5.74) is 1.53. The van der Waals surface area contributed by atoms with Gasteiger partial charge in [-0.05, 0) is 59.6 Å². The van der Waals surface area contributed by atoms with Crippen LogP contribution in [0.1, 0.15) is 18.7 Å². The molecule has 6 nitrogen and oxygen atoms in total. The summed E-state index contributed by atoms with van der Waals surface area (Å²) in [6, 6.07) is 15.0. The molecule has 1 fully saturated rings. The van der Waals surface area contributed by atoms with Crippen LogP contribution >= 0.6 is 27.5 Å². The number of halogens is 2. The Balaban J connectivity index is 1.39. The third kappa shape index (κ3) is 4.86. The molecule has 1 atom stereocenters. The Kier molecular flexibility index (Phi) is 6.28. The van der Waals surface area contributed by atoms with Crippen molar-refractivity contribution in [3.63, 3.8) is 0 Å². The van der Waals surface area contributed by atoms with Crippen molar-refractivity contribution in [3.8, 4) is 11.4 Å². The number of hydrogen-bond donors (Lipinski definition) is 1. The molecule has 1 aliphatic rings. The average molecular weight is 476 g/mol. The smallest absolute Gasteiger partial charge is 0.241 e. The standard InChI is InChI=1S/C21H20BrClN4O2/c22-16-8-2-4-10-18(16)24-21(28)14-6-5-11-27(12-14)13-19-25-20(26-29-19)15-7-1-3-9-17(15)23/h1-4,7-10,14H,5-6,11-13H2,(H,24,28). The van der Waals surface area contributed by atoms with Crippen molar-refractivity contribution in [2.24, 2.45) is 5.92 Å². The van der Waals surface area contributed by atoms with Gasteiger partial charge in [0.2, 0.25) is 17.6 Å². The van der Waals surface area contributed by atoms with E-state index in [9.17, 15) is 4.79 Å². The molecule has 8 heteroatoms. The van der Waals surface area contributed by atoms with Crippen LogP contribution in [-0.2, 0) is 11.3 Å². The molecule has 1 N–H and O–H groups in total. The summed E-state index contributed by atoms with van der Waals surface area (Å²) in [5.74, 6) is 0.948. The lowest BCUT2D eigenvalue weighted by molar-refractivity contribution is -0.121. The summed E-state index contributed by atoms with van der Waals surface area (Å²) in [4.78, 5) is 19.4. The lowest BCUT2D eigenvalue weighted by Crippen LogP contribution is -2.40. The van der Waals surface area contributed by atoms with Crippen LogP contribution in [0.5, 0.6) is 0 Å². The number of piperidine rings is 1. The van der Waals surface area contributed by atoms with Crippen LogP contribution < -0.4 is 5.32 Å². The molecule has 0 aliphatic carbocycles. The van der Waals surface area contributed by atoms with Crippen molar-refractivity contribution in [3.05, 3.63) is 63.9 Å². The van der Waals surface area contributed by atoms with Crippen LogP contribution in [0.15, 0.2) is 57.5 Å². The number of likely N-dealkylation sites (tertiary alicyclic amines) is 1. The Morgan fingerprint density at radius 2 is 2.03 bits per heavy atom. The molecule has 1 aromatic heterocycles. The number of hydrogen-bond acceptors (Lipinski definition) is 5. The quantitative estimate of drug-likeness (QED) is 0.562. The molecule has 1 aliphatic heterocycles. The Morgan fingerprint density at radius 1 is 1.24 bits per heavy atom. The number of carbonyl (C=O) groups excluding carboxylic acids is 1. The fourth-order valence-corrected chi connectivity index (χ4v) is 4.08. The molecular weight excluding hydrogens is 456 g/mol. The monoisotopic (exact) mass is 474 g/mol.